The minimum atomic E-state index is -0.918. The number of aromatic carboxylic acids is 1. The summed E-state index contributed by atoms with van der Waals surface area (Å²) < 4.78 is 0. The average molecular weight is 382 g/mol. The number of rotatable bonds is 3. The summed E-state index contributed by atoms with van der Waals surface area (Å²) in [6, 6.07) is 13.0. The number of nitrogens with zero attached hydrogens (tertiary/aromatic N) is 2. The Morgan fingerprint density at radius 3 is 2.30 bits per heavy atom. The molecule has 27 heavy (non-hydrogen) atoms. The summed E-state index contributed by atoms with van der Waals surface area (Å²) in [7, 11) is 0. The van der Waals surface area contributed by atoms with Crippen LogP contribution >= 0.6 is 11.8 Å². The summed E-state index contributed by atoms with van der Waals surface area (Å²) in [5.41, 5.74) is 3.10. The van der Waals surface area contributed by atoms with Gasteiger partial charge in [0.15, 0.2) is 0 Å². The zero-order valence-electron chi connectivity index (χ0n) is 15.1. The summed E-state index contributed by atoms with van der Waals surface area (Å²) in [6.45, 7) is 2.57. The highest BCUT2D eigenvalue weighted by molar-refractivity contribution is 7.99. The Morgan fingerprint density at radius 2 is 1.59 bits per heavy atom. The van der Waals surface area contributed by atoms with Crippen LogP contribution in [0, 0.1) is 0 Å². The van der Waals surface area contributed by atoms with E-state index >= 15 is 0 Å². The summed E-state index contributed by atoms with van der Waals surface area (Å²) in [4.78, 5) is 29.1. The van der Waals surface area contributed by atoms with Crippen molar-refractivity contribution in [3.05, 3.63) is 53.6 Å². The molecule has 0 aliphatic carbocycles. The molecule has 6 heteroatoms. The van der Waals surface area contributed by atoms with Crippen LogP contribution in [-0.2, 0) is 0 Å². The molecule has 0 spiro atoms. The van der Waals surface area contributed by atoms with Gasteiger partial charge in [0.1, 0.15) is 0 Å². The first-order valence-electron chi connectivity index (χ1n) is 9.30. The third-order valence-electron chi connectivity index (χ3n) is 5.10. The first-order chi connectivity index (χ1) is 13.1. The minimum Gasteiger partial charge on any atom is -0.478 e. The van der Waals surface area contributed by atoms with Gasteiger partial charge in [-0.15, -0.1) is 11.8 Å². The van der Waals surface area contributed by atoms with E-state index in [-0.39, 0.29) is 11.5 Å². The van der Waals surface area contributed by atoms with E-state index in [2.05, 4.69) is 4.90 Å². The number of likely N-dealkylation sites (tertiary alicyclic amines) is 1. The Labute approximate surface area is 163 Å². The third kappa shape index (κ3) is 3.67. The SMILES string of the molecule is O=C(O)c1ccc(N2CCCSc3cc(C(=O)N4CCCC4)ccc32)cc1. The van der Waals surface area contributed by atoms with Crippen molar-refractivity contribution in [2.45, 2.75) is 24.2 Å². The zero-order chi connectivity index (χ0) is 18.8. The Bertz CT molecular complexity index is 860. The number of anilines is 2. The number of amides is 1. The second-order valence-electron chi connectivity index (χ2n) is 6.89. The summed E-state index contributed by atoms with van der Waals surface area (Å²) >= 11 is 1.78. The zero-order valence-corrected chi connectivity index (χ0v) is 15.9. The van der Waals surface area contributed by atoms with E-state index < -0.39 is 5.97 Å². The molecule has 1 saturated heterocycles. The largest absolute Gasteiger partial charge is 0.478 e. The van der Waals surface area contributed by atoms with Crippen LogP contribution in [0.15, 0.2) is 47.4 Å². The van der Waals surface area contributed by atoms with Crippen LogP contribution in [0.4, 0.5) is 11.4 Å². The molecule has 2 heterocycles. The van der Waals surface area contributed by atoms with Crippen LogP contribution in [0.3, 0.4) is 0 Å². The van der Waals surface area contributed by atoms with Gasteiger partial charge in [-0.1, -0.05) is 0 Å². The van der Waals surface area contributed by atoms with Gasteiger partial charge in [-0.3, -0.25) is 4.79 Å². The van der Waals surface area contributed by atoms with Crippen molar-refractivity contribution in [2.75, 3.05) is 30.3 Å². The quantitative estimate of drug-likeness (QED) is 0.860. The van der Waals surface area contributed by atoms with Gasteiger partial charge in [-0.25, -0.2) is 4.79 Å². The maximum absolute atomic E-state index is 12.7. The molecule has 5 nitrogen and oxygen atoms in total. The van der Waals surface area contributed by atoms with Crippen molar-refractivity contribution in [1.29, 1.82) is 0 Å². The Hall–Kier alpha value is -2.47. The lowest BCUT2D eigenvalue weighted by Crippen LogP contribution is -2.27. The molecule has 0 radical (unpaired) electrons. The highest BCUT2D eigenvalue weighted by atomic mass is 32.2. The van der Waals surface area contributed by atoms with Crippen molar-refractivity contribution in [1.82, 2.24) is 4.90 Å². The molecule has 0 saturated carbocycles. The van der Waals surface area contributed by atoms with Gasteiger partial charge in [0.25, 0.3) is 5.91 Å². The maximum atomic E-state index is 12.7. The van der Waals surface area contributed by atoms with Crippen LogP contribution in [0.5, 0.6) is 0 Å². The molecule has 0 unspecified atom stereocenters. The van der Waals surface area contributed by atoms with E-state index in [1.165, 1.54) is 0 Å². The van der Waals surface area contributed by atoms with Crippen LogP contribution in [-0.4, -0.2) is 47.3 Å². The van der Waals surface area contributed by atoms with Crippen molar-refractivity contribution in [2.24, 2.45) is 0 Å². The molecule has 0 aromatic heterocycles. The highest BCUT2D eigenvalue weighted by Crippen LogP contribution is 2.38. The van der Waals surface area contributed by atoms with Gasteiger partial charge in [0.05, 0.1) is 11.3 Å². The second-order valence-corrected chi connectivity index (χ2v) is 8.02. The Kier molecular flexibility index (Phi) is 5.07. The number of hydrogen-bond donors (Lipinski definition) is 1. The molecule has 0 bridgehead atoms. The Morgan fingerprint density at radius 1 is 0.889 bits per heavy atom. The third-order valence-corrected chi connectivity index (χ3v) is 6.23. The first-order valence-corrected chi connectivity index (χ1v) is 10.3. The summed E-state index contributed by atoms with van der Waals surface area (Å²) in [5.74, 6) is 0.203. The van der Waals surface area contributed by atoms with E-state index in [1.54, 1.807) is 23.9 Å². The first kappa shape index (κ1) is 17.9. The number of fused-ring (bicyclic) bond motifs is 1. The van der Waals surface area contributed by atoms with Gasteiger partial charge in [0.2, 0.25) is 0 Å². The molecular weight excluding hydrogens is 360 g/mol. The van der Waals surface area contributed by atoms with Gasteiger partial charge in [-0.2, -0.15) is 0 Å². The van der Waals surface area contributed by atoms with Crippen molar-refractivity contribution >= 4 is 35.0 Å². The second kappa shape index (κ2) is 7.64. The number of carboxylic acid groups (broad SMARTS) is 1. The number of carbonyl (C=O) groups is 2. The molecule has 0 atom stereocenters. The number of hydrogen-bond acceptors (Lipinski definition) is 4. The monoisotopic (exact) mass is 382 g/mol. The summed E-state index contributed by atoms with van der Waals surface area (Å²) in [5, 5.41) is 9.11. The fourth-order valence-electron chi connectivity index (χ4n) is 3.67. The number of thioether (sulfide) groups is 1. The molecule has 2 aromatic carbocycles. The number of benzene rings is 2. The van der Waals surface area contributed by atoms with Crippen LogP contribution in [0.25, 0.3) is 0 Å². The molecule has 4 rings (SSSR count). The molecule has 2 aliphatic heterocycles. The summed E-state index contributed by atoms with van der Waals surface area (Å²) in [6.07, 6.45) is 3.20. The van der Waals surface area contributed by atoms with E-state index in [0.29, 0.717) is 0 Å². The van der Waals surface area contributed by atoms with E-state index in [1.807, 2.05) is 35.2 Å². The van der Waals surface area contributed by atoms with Crippen molar-refractivity contribution in [3.63, 3.8) is 0 Å². The molecular formula is C21H22N2O3S. The Balaban J connectivity index is 1.65. The van der Waals surface area contributed by atoms with E-state index in [0.717, 1.165) is 66.5 Å². The van der Waals surface area contributed by atoms with Crippen LogP contribution < -0.4 is 4.90 Å². The van der Waals surface area contributed by atoms with Crippen LogP contribution in [0.1, 0.15) is 40.0 Å². The predicted molar refractivity (Wildman–Crippen MR) is 107 cm³/mol. The van der Waals surface area contributed by atoms with Crippen molar-refractivity contribution < 1.29 is 14.7 Å². The standard InChI is InChI=1S/C21H22N2O3S/c24-20(22-10-1-2-11-22)16-6-9-18-19(14-16)27-13-3-12-23(18)17-7-4-15(5-8-17)21(25)26/h4-9,14H,1-3,10-13H2,(H,25,26). The number of carbonyl (C=O) groups excluding carboxylic acids is 1. The topological polar surface area (TPSA) is 60.9 Å². The average Bonchev–Trinajstić information content (AvgIpc) is 3.14. The fraction of sp³-hybridized carbons (Fsp3) is 0.333. The fourth-order valence-corrected chi connectivity index (χ4v) is 4.70. The molecule has 1 N–H and O–H groups in total. The molecule has 1 fully saturated rings. The van der Waals surface area contributed by atoms with Gasteiger partial charge in [-0.05, 0) is 67.5 Å². The lowest BCUT2D eigenvalue weighted by atomic mass is 10.1. The van der Waals surface area contributed by atoms with Gasteiger partial charge >= 0.3 is 5.97 Å². The van der Waals surface area contributed by atoms with Gasteiger partial charge in [0, 0.05) is 35.8 Å². The maximum Gasteiger partial charge on any atom is 0.335 e. The highest BCUT2D eigenvalue weighted by Gasteiger charge is 2.23. The lowest BCUT2D eigenvalue weighted by molar-refractivity contribution is 0.0696. The molecule has 1 amide bonds. The van der Waals surface area contributed by atoms with Crippen molar-refractivity contribution in [3.8, 4) is 0 Å². The van der Waals surface area contributed by atoms with Gasteiger partial charge < -0.3 is 14.9 Å². The smallest absolute Gasteiger partial charge is 0.335 e. The molecule has 2 aromatic rings. The normalized spacial score (nSPS) is 16.7. The number of carboxylic acids is 1. The molecule has 2 aliphatic rings. The lowest BCUT2D eigenvalue weighted by Gasteiger charge is -2.25. The minimum absolute atomic E-state index is 0.123. The van der Waals surface area contributed by atoms with E-state index in [4.69, 9.17) is 5.11 Å². The van der Waals surface area contributed by atoms with Crippen LogP contribution in [0.2, 0.25) is 0 Å². The molecule has 140 valence electrons. The predicted octanol–water partition coefficient (Wildman–Crippen LogP) is 4.25. The van der Waals surface area contributed by atoms with E-state index in [9.17, 15) is 9.59 Å².